The van der Waals surface area contributed by atoms with Crippen molar-refractivity contribution in [2.75, 3.05) is 6.61 Å². The van der Waals surface area contributed by atoms with Gasteiger partial charge < -0.3 is 16.2 Å². The molecule has 1 saturated heterocycles. The lowest BCUT2D eigenvalue weighted by Gasteiger charge is -2.29. The van der Waals surface area contributed by atoms with Crippen LogP contribution in [0.5, 0.6) is 0 Å². The SMILES string of the molecule is CCCC(CC1CO1)C(N)(N)P. The minimum absolute atomic E-state index is 0.361. The van der Waals surface area contributed by atoms with E-state index in [1.54, 1.807) is 0 Å². The van der Waals surface area contributed by atoms with Crippen molar-refractivity contribution in [3.8, 4) is 0 Å². The van der Waals surface area contributed by atoms with Crippen LogP contribution in [-0.4, -0.2) is 18.1 Å². The predicted molar refractivity (Wildman–Crippen MR) is 53.6 cm³/mol. The van der Waals surface area contributed by atoms with E-state index in [0.717, 1.165) is 25.9 Å². The van der Waals surface area contributed by atoms with Crippen LogP contribution in [0, 0.1) is 5.92 Å². The van der Waals surface area contributed by atoms with Crippen LogP contribution < -0.4 is 11.5 Å². The minimum atomic E-state index is -0.623. The van der Waals surface area contributed by atoms with Crippen molar-refractivity contribution < 1.29 is 4.74 Å². The van der Waals surface area contributed by atoms with Gasteiger partial charge in [-0.2, -0.15) is 0 Å². The van der Waals surface area contributed by atoms with Gasteiger partial charge >= 0.3 is 0 Å². The molecule has 0 saturated carbocycles. The Morgan fingerprint density at radius 1 is 1.67 bits per heavy atom. The molecule has 0 aromatic heterocycles. The van der Waals surface area contributed by atoms with Crippen LogP contribution in [0.3, 0.4) is 0 Å². The molecule has 0 aliphatic carbocycles. The quantitative estimate of drug-likeness (QED) is 0.380. The lowest BCUT2D eigenvalue weighted by atomic mass is 9.95. The Balaban J connectivity index is 2.35. The number of hydrogen-bond acceptors (Lipinski definition) is 3. The van der Waals surface area contributed by atoms with E-state index in [4.69, 9.17) is 16.2 Å². The fourth-order valence-corrected chi connectivity index (χ4v) is 1.74. The van der Waals surface area contributed by atoms with Crippen molar-refractivity contribution in [3.05, 3.63) is 0 Å². The number of hydrogen-bond donors (Lipinski definition) is 2. The highest BCUT2D eigenvalue weighted by molar-refractivity contribution is 7.18. The fraction of sp³-hybridized carbons (Fsp3) is 1.00. The second-order valence-corrected chi connectivity index (χ2v) is 4.68. The molecule has 1 fully saturated rings. The Kier molecular flexibility index (Phi) is 3.47. The van der Waals surface area contributed by atoms with Crippen LogP contribution in [0.2, 0.25) is 0 Å². The van der Waals surface area contributed by atoms with E-state index < -0.39 is 5.40 Å². The molecule has 1 rings (SSSR count). The molecule has 12 heavy (non-hydrogen) atoms. The first kappa shape index (κ1) is 10.4. The molecule has 0 spiro atoms. The number of nitrogens with two attached hydrogens (primary N) is 2. The van der Waals surface area contributed by atoms with E-state index >= 15 is 0 Å². The zero-order chi connectivity index (χ0) is 9.19. The lowest BCUT2D eigenvalue weighted by Crippen LogP contribution is -2.50. The van der Waals surface area contributed by atoms with Crippen molar-refractivity contribution in [3.63, 3.8) is 0 Å². The molecule has 1 aliphatic heterocycles. The van der Waals surface area contributed by atoms with Gasteiger partial charge in [0.1, 0.15) is 0 Å². The number of rotatable bonds is 5. The maximum atomic E-state index is 5.83. The van der Waals surface area contributed by atoms with Gasteiger partial charge in [0.05, 0.1) is 18.1 Å². The van der Waals surface area contributed by atoms with Gasteiger partial charge in [-0.1, -0.05) is 13.3 Å². The van der Waals surface area contributed by atoms with Crippen LogP contribution in [0.4, 0.5) is 0 Å². The average Bonchev–Trinajstić information content (AvgIpc) is 2.68. The molecule has 72 valence electrons. The Hall–Kier alpha value is 0.310. The van der Waals surface area contributed by atoms with Crippen LogP contribution in [0.1, 0.15) is 26.2 Å². The van der Waals surface area contributed by atoms with E-state index in [9.17, 15) is 0 Å². The van der Waals surface area contributed by atoms with Crippen molar-refractivity contribution in [1.82, 2.24) is 0 Å². The highest BCUT2D eigenvalue weighted by Crippen LogP contribution is 2.30. The molecule has 4 N–H and O–H groups in total. The summed E-state index contributed by atoms with van der Waals surface area (Å²) in [5, 5.41) is -0.623. The standard InChI is InChI=1S/C8H19N2OP/c1-2-3-6(8(9,10)12)4-7-5-11-7/h6-7H,2-5,9-10,12H2,1H3. The highest BCUT2D eigenvalue weighted by atomic mass is 31.0. The molecule has 3 unspecified atom stereocenters. The first-order valence-electron chi connectivity index (χ1n) is 4.52. The van der Waals surface area contributed by atoms with Crippen LogP contribution in [0.25, 0.3) is 0 Å². The smallest absolute Gasteiger partial charge is 0.0813 e. The van der Waals surface area contributed by atoms with E-state index in [0.29, 0.717) is 12.0 Å². The van der Waals surface area contributed by atoms with E-state index in [1.165, 1.54) is 0 Å². The Bertz CT molecular complexity index is 142. The molecule has 0 aromatic carbocycles. The van der Waals surface area contributed by atoms with E-state index in [1.807, 2.05) is 0 Å². The van der Waals surface area contributed by atoms with Gasteiger partial charge in [0.2, 0.25) is 0 Å². The van der Waals surface area contributed by atoms with Gasteiger partial charge in [-0.15, -0.1) is 9.24 Å². The maximum Gasteiger partial charge on any atom is 0.0813 e. The second kappa shape index (κ2) is 4.01. The molecule has 0 amide bonds. The summed E-state index contributed by atoms with van der Waals surface area (Å²) in [6.45, 7) is 3.04. The predicted octanol–water partition coefficient (Wildman–Crippen LogP) is 0.638. The first-order chi connectivity index (χ1) is 5.54. The summed E-state index contributed by atoms with van der Waals surface area (Å²) in [6.07, 6.45) is 3.64. The van der Waals surface area contributed by atoms with Crippen LogP contribution >= 0.6 is 9.24 Å². The molecular weight excluding hydrogens is 171 g/mol. The molecule has 0 bridgehead atoms. The molecule has 0 aromatic rings. The zero-order valence-corrected chi connectivity index (χ0v) is 8.78. The maximum absolute atomic E-state index is 5.83. The summed E-state index contributed by atoms with van der Waals surface area (Å²) in [7, 11) is 2.52. The van der Waals surface area contributed by atoms with Gasteiger partial charge in [0.15, 0.2) is 0 Å². The van der Waals surface area contributed by atoms with Crippen molar-refractivity contribution >= 4 is 9.24 Å². The van der Waals surface area contributed by atoms with Crippen LogP contribution in [0.15, 0.2) is 0 Å². The molecule has 3 atom stereocenters. The Morgan fingerprint density at radius 3 is 2.58 bits per heavy atom. The van der Waals surface area contributed by atoms with Crippen molar-refractivity contribution in [2.24, 2.45) is 17.4 Å². The topological polar surface area (TPSA) is 64.6 Å². The van der Waals surface area contributed by atoms with Crippen molar-refractivity contribution in [2.45, 2.75) is 37.7 Å². The molecular formula is C8H19N2OP. The fourth-order valence-electron chi connectivity index (χ4n) is 1.44. The average molecular weight is 190 g/mol. The first-order valence-corrected chi connectivity index (χ1v) is 5.10. The highest BCUT2D eigenvalue weighted by Gasteiger charge is 2.33. The summed E-state index contributed by atoms with van der Waals surface area (Å²) < 4.78 is 5.16. The van der Waals surface area contributed by atoms with Gasteiger partial charge in [-0.3, -0.25) is 0 Å². The number of ether oxygens (including phenoxy) is 1. The Labute approximate surface area is 76.4 Å². The third kappa shape index (κ3) is 3.36. The monoisotopic (exact) mass is 190 g/mol. The van der Waals surface area contributed by atoms with Crippen molar-refractivity contribution in [1.29, 1.82) is 0 Å². The molecule has 1 heterocycles. The Morgan fingerprint density at radius 2 is 2.25 bits per heavy atom. The third-order valence-corrected chi connectivity index (χ3v) is 2.77. The van der Waals surface area contributed by atoms with Crippen LogP contribution in [-0.2, 0) is 4.74 Å². The van der Waals surface area contributed by atoms with E-state index in [2.05, 4.69) is 16.2 Å². The van der Waals surface area contributed by atoms with Gasteiger partial charge in [0.25, 0.3) is 0 Å². The molecule has 1 aliphatic rings. The lowest BCUT2D eigenvalue weighted by molar-refractivity contribution is 0.290. The van der Waals surface area contributed by atoms with Gasteiger partial charge in [-0.25, -0.2) is 0 Å². The summed E-state index contributed by atoms with van der Waals surface area (Å²) >= 11 is 0. The largest absolute Gasteiger partial charge is 0.373 e. The summed E-state index contributed by atoms with van der Waals surface area (Å²) in [4.78, 5) is 0. The summed E-state index contributed by atoms with van der Waals surface area (Å²) in [6, 6.07) is 0. The summed E-state index contributed by atoms with van der Waals surface area (Å²) in [5.41, 5.74) is 11.7. The zero-order valence-electron chi connectivity index (χ0n) is 7.62. The van der Waals surface area contributed by atoms with E-state index in [-0.39, 0.29) is 0 Å². The summed E-state index contributed by atoms with van der Waals surface area (Å²) in [5.74, 6) is 0.361. The van der Waals surface area contributed by atoms with Gasteiger partial charge in [0, 0.05) is 0 Å². The normalized spacial score (nSPS) is 25.5. The van der Waals surface area contributed by atoms with Gasteiger partial charge in [-0.05, 0) is 18.8 Å². The second-order valence-electron chi connectivity index (χ2n) is 3.68. The minimum Gasteiger partial charge on any atom is -0.373 e. The number of epoxide rings is 1. The molecule has 0 radical (unpaired) electrons. The molecule has 3 nitrogen and oxygen atoms in total. The third-order valence-electron chi connectivity index (χ3n) is 2.29. The molecule has 4 heteroatoms.